The Labute approximate surface area is 142 Å². The Morgan fingerprint density at radius 2 is 1.92 bits per heavy atom. The Morgan fingerprint density at radius 1 is 1.17 bits per heavy atom. The normalized spacial score (nSPS) is 16.9. The van der Waals surface area contributed by atoms with E-state index in [4.69, 9.17) is 9.47 Å². The van der Waals surface area contributed by atoms with Crippen molar-refractivity contribution in [3.8, 4) is 11.5 Å². The van der Waals surface area contributed by atoms with Crippen LogP contribution in [0.5, 0.6) is 11.5 Å². The van der Waals surface area contributed by atoms with Crippen LogP contribution in [-0.4, -0.2) is 36.6 Å². The van der Waals surface area contributed by atoms with Gasteiger partial charge in [0.1, 0.15) is 0 Å². The maximum absolute atomic E-state index is 12.8. The number of hydrogen-bond acceptors (Lipinski definition) is 4. The largest absolute Gasteiger partial charge is 0.493 e. The summed E-state index contributed by atoms with van der Waals surface area (Å²) in [7, 11) is 3.20. The second-order valence-corrected chi connectivity index (χ2v) is 5.89. The fourth-order valence-corrected chi connectivity index (χ4v) is 3.26. The van der Waals surface area contributed by atoms with Gasteiger partial charge in [-0.3, -0.25) is 9.78 Å². The predicted octanol–water partition coefficient (Wildman–Crippen LogP) is 3.01. The molecule has 0 aliphatic carbocycles. The van der Waals surface area contributed by atoms with Crippen molar-refractivity contribution in [1.29, 1.82) is 0 Å². The van der Waals surface area contributed by atoms with E-state index in [1.54, 1.807) is 26.6 Å². The molecular weight excluding hydrogens is 304 g/mol. The molecule has 1 aromatic carbocycles. The van der Waals surface area contributed by atoms with Crippen molar-refractivity contribution in [2.45, 2.75) is 25.3 Å². The molecular formula is C19H22N2O3. The molecule has 1 atom stereocenters. The van der Waals surface area contributed by atoms with Crippen molar-refractivity contribution in [3.05, 3.63) is 53.9 Å². The average Bonchev–Trinajstić information content (AvgIpc) is 3.12. The predicted molar refractivity (Wildman–Crippen MR) is 91.2 cm³/mol. The summed E-state index contributed by atoms with van der Waals surface area (Å²) in [6.07, 6.45) is 5.96. The van der Waals surface area contributed by atoms with Gasteiger partial charge in [-0.15, -0.1) is 0 Å². The number of pyridine rings is 1. The van der Waals surface area contributed by atoms with Gasteiger partial charge in [-0.25, -0.2) is 0 Å². The molecule has 0 spiro atoms. The van der Waals surface area contributed by atoms with Gasteiger partial charge in [-0.05, 0) is 48.2 Å². The van der Waals surface area contributed by atoms with Crippen LogP contribution in [0.3, 0.4) is 0 Å². The first-order valence-corrected chi connectivity index (χ1v) is 8.13. The zero-order chi connectivity index (χ0) is 16.9. The Morgan fingerprint density at radius 3 is 2.62 bits per heavy atom. The number of hydrogen-bond donors (Lipinski definition) is 0. The van der Waals surface area contributed by atoms with Crippen LogP contribution in [0, 0.1) is 0 Å². The fraction of sp³-hybridized carbons (Fsp3) is 0.368. The zero-order valence-corrected chi connectivity index (χ0v) is 14.1. The van der Waals surface area contributed by atoms with Crippen LogP contribution in [-0.2, 0) is 11.2 Å². The Hall–Kier alpha value is -2.56. The molecule has 1 amide bonds. The first-order valence-electron chi connectivity index (χ1n) is 8.13. The molecule has 0 bridgehead atoms. The highest BCUT2D eigenvalue weighted by Crippen LogP contribution is 2.33. The Kier molecular flexibility index (Phi) is 4.99. The summed E-state index contributed by atoms with van der Waals surface area (Å²) in [5, 5.41) is 0. The summed E-state index contributed by atoms with van der Waals surface area (Å²) in [4.78, 5) is 18.8. The van der Waals surface area contributed by atoms with Crippen LogP contribution in [0.4, 0.5) is 0 Å². The van der Waals surface area contributed by atoms with E-state index in [1.807, 2.05) is 35.2 Å². The first kappa shape index (κ1) is 16.3. The van der Waals surface area contributed by atoms with Crippen LogP contribution >= 0.6 is 0 Å². The summed E-state index contributed by atoms with van der Waals surface area (Å²) < 4.78 is 10.6. The second kappa shape index (κ2) is 7.34. The third-order valence-corrected chi connectivity index (χ3v) is 4.47. The van der Waals surface area contributed by atoms with Crippen LogP contribution in [0.15, 0.2) is 42.7 Å². The molecule has 1 fully saturated rings. The molecule has 0 saturated carbocycles. The van der Waals surface area contributed by atoms with Gasteiger partial charge in [0.2, 0.25) is 5.91 Å². The van der Waals surface area contributed by atoms with Gasteiger partial charge < -0.3 is 14.4 Å². The molecule has 2 aromatic rings. The van der Waals surface area contributed by atoms with Gasteiger partial charge in [0.25, 0.3) is 0 Å². The summed E-state index contributed by atoms with van der Waals surface area (Å²) in [6.45, 7) is 0.805. The summed E-state index contributed by atoms with van der Waals surface area (Å²) in [5.74, 6) is 1.46. The Bertz CT molecular complexity index is 703. The topological polar surface area (TPSA) is 51.7 Å². The van der Waals surface area contributed by atoms with Crippen molar-refractivity contribution in [3.63, 3.8) is 0 Å². The van der Waals surface area contributed by atoms with E-state index in [0.717, 1.165) is 30.5 Å². The molecule has 1 unspecified atom stereocenters. The molecule has 2 heterocycles. The average molecular weight is 326 g/mol. The monoisotopic (exact) mass is 326 g/mol. The lowest BCUT2D eigenvalue weighted by atomic mass is 10.1. The van der Waals surface area contributed by atoms with Crippen molar-refractivity contribution in [2.75, 3.05) is 20.8 Å². The number of nitrogens with zero attached hydrogens (tertiary/aromatic N) is 2. The fourth-order valence-electron chi connectivity index (χ4n) is 3.26. The second-order valence-electron chi connectivity index (χ2n) is 5.89. The molecule has 5 nitrogen and oxygen atoms in total. The van der Waals surface area contributed by atoms with Crippen LogP contribution in [0.1, 0.15) is 30.0 Å². The molecule has 1 aliphatic rings. The maximum atomic E-state index is 12.8. The molecule has 0 radical (unpaired) electrons. The van der Waals surface area contributed by atoms with E-state index in [2.05, 4.69) is 4.98 Å². The van der Waals surface area contributed by atoms with E-state index in [1.165, 1.54) is 0 Å². The molecule has 126 valence electrons. The number of likely N-dealkylation sites (tertiary alicyclic amines) is 1. The van der Waals surface area contributed by atoms with E-state index >= 15 is 0 Å². The molecule has 3 rings (SSSR count). The van der Waals surface area contributed by atoms with Gasteiger partial charge in [0, 0.05) is 18.9 Å². The number of aromatic nitrogens is 1. The number of rotatable bonds is 5. The highest BCUT2D eigenvalue weighted by atomic mass is 16.5. The van der Waals surface area contributed by atoms with Crippen LogP contribution < -0.4 is 9.47 Å². The zero-order valence-electron chi connectivity index (χ0n) is 14.1. The van der Waals surface area contributed by atoms with E-state index in [9.17, 15) is 4.79 Å². The summed E-state index contributed by atoms with van der Waals surface area (Å²) in [6, 6.07) is 9.76. The third kappa shape index (κ3) is 3.35. The summed E-state index contributed by atoms with van der Waals surface area (Å²) >= 11 is 0. The van der Waals surface area contributed by atoms with E-state index in [-0.39, 0.29) is 11.9 Å². The highest BCUT2D eigenvalue weighted by Gasteiger charge is 2.29. The molecule has 1 aromatic heterocycles. The maximum Gasteiger partial charge on any atom is 0.227 e. The highest BCUT2D eigenvalue weighted by molar-refractivity contribution is 5.79. The lowest BCUT2D eigenvalue weighted by Gasteiger charge is -2.25. The van der Waals surface area contributed by atoms with E-state index in [0.29, 0.717) is 17.9 Å². The number of ether oxygens (including phenoxy) is 2. The first-order chi connectivity index (χ1) is 11.7. The summed E-state index contributed by atoms with van der Waals surface area (Å²) in [5.41, 5.74) is 2.08. The standard InChI is InChI=1S/C19H22N2O3/c1-23-17-6-5-14(12-18(17)24-2)13-19(22)21-11-3-4-16(21)15-7-9-20-10-8-15/h5-10,12,16H,3-4,11,13H2,1-2H3. The van der Waals surface area contributed by atoms with Crippen molar-refractivity contribution in [2.24, 2.45) is 0 Å². The molecule has 5 heteroatoms. The van der Waals surface area contributed by atoms with Crippen molar-refractivity contribution < 1.29 is 14.3 Å². The van der Waals surface area contributed by atoms with Crippen molar-refractivity contribution in [1.82, 2.24) is 9.88 Å². The van der Waals surface area contributed by atoms with Crippen molar-refractivity contribution >= 4 is 5.91 Å². The molecule has 0 N–H and O–H groups in total. The van der Waals surface area contributed by atoms with Gasteiger partial charge in [-0.2, -0.15) is 0 Å². The molecule has 1 saturated heterocycles. The van der Waals surface area contributed by atoms with E-state index < -0.39 is 0 Å². The Balaban J connectivity index is 1.75. The van der Waals surface area contributed by atoms with Crippen LogP contribution in [0.25, 0.3) is 0 Å². The quantitative estimate of drug-likeness (QED) is 0.847. The van der Waals surface area contributed by atoms with Gasteiger partial charge >= 0.3 is 0 Å². The number of benzene rings is 1. The number of carbonyl (C=O) groups excluding carboxylic acids is 1. The lowest BCUT2D eigenvalue weighted by Crippen LogP contribution is -2.31. The van der Waals surface area contributed by atoms with Crippen LogP contribution in [0.2, 0.25) is 0 Å². The van der Waals surface area contributed by atoms with Gasteiger partial charge in [0.05, 0.1) is 26.7 Å². The minimum absolute atomic E-state index is 0.140. The van der Waals surface area contributed by atoms with Gasteiger partial charge in [0.15, 0.2) is 11.5 Å². The molecule has 1 aliphatic heterocycles. The number of methoxy groups -OCH3 is 2. The van der Waals surface area contributed by atoms with Gasteiger partial charge in [-0.1, -0.05) is 6.07 Å². The smallest absolute Gasteiger partial charge is 0.227 e. The molecule has 24 heavy (non-hydrogen) atoms. The third-order valence-electron chi connectivity index (χ3n) is 4.47. The number of amides is 1. The lowest BCUT2D eigenvalue weighted by molar-refractivity contribution is -0.131. The number of carbonyl (C=O) groups is 1. The minimum Gasteiger partial charge on any atom is -0.493 e. The minimum atomic E-state index is 0.140. The SMILES string of the molecule is COc1ccc(CC(=O)N2CCCC2c2ccncc2)cc1OC.